The second kappa shape index (κ2) is 9.88. The molecule has 5 nitrogen and oxygen atoms in total. The van der Waals surface area contributed by atoms with Crippen LogP contribution >= 0.6 is 0 Å². The van der Waals surface area contributed by atoms with Crippen LogP contribution in [-0.4, -0.2) is 43.0 Å². The molecule has 1 heterocycles. The normalized spacial score (nSPS) is 14.0. The van der Waals surface area contributed by atoms with Gasteiger partial charge in [-0.05, 0) is 36.1 Å². The number of hydrogen-bond donors (Lipinski definition) is 1. The summed E-state index contributed by atoms with van der Waals surface area (Å²) in [5.41, 5.74) is 2.97. The van der Waals surface area contributed by atoms with Crippen LogP contribution in [0.15, 0.2) is 54.6 Å². The number of ether oxygens (including phenoxy) is 1. The number of carbonyl (C=O) groups excluding carboxylic acids is 2. The van der Waals surface area contributed by atoms with Crippen LogP contribution in [0.3, 0.4) is 0 Å². The van der Waals surface area contributed by atoms with Gasteiger partial charge in [0.25, 0.3) is 0 Å². The Morgan fingerprint density at radius 1 is 0.926 bits per heavy atom. The maximum absolute atomic E-state index is 12.3. The molecular formula is C22H26N2O3. The van der Waals surface area contributed by atoms with Crippen molar-refractivity contribution in [3.8, 4) is 0 Å². The molecule has 2 aromatic carbocycles. The van der Waals surface area contributed by atoms with Gasteiger partial charge >= 0.3 is 0 Å². The second-order valence-corrected chi connectivity index (χ2v) is 6.75. The minimum Gasteiger partial charge on any atom is -0.378 e. The number of nitrogens with zero attached hydrogens (tertiary/aromatic N) is 1. The van der Waals surface area contributed by atoms with E-state index in [2.05, 4.69) is 17.4 Å². The molecule has 5 heteroatoms. The molecule has 1 fully saturated rings. The molecule has 142 valence electrons. The quantitative estimate of drug-likeness (QED) is 0.819. The Balaban J connectivity index is 1.41. The lowest BCUT2D eigenvalue weighted by Gasteiger charge is -2.26. The van der Waals surface area contributed by atoms with Gasteiger partial charge in [0.15, 0.2) is 0 Å². The van der Waals surface area contributed by atoms with Crippen LogP contribution in [0, 0.1) is 0 Å². The lowest BCUT2D eigenvalue weighted by atomic mass is 10.1. The van der Waals surface area contributed by atoms with E-state index >= 15 is 0 Å². The first kappa shape index (κ1) is 19.1. The van der Waals surface area contributed by atoms with Crippen LogP contribution in [0.25, 0.3) is 0 Å². The van der Waals surface area contributed by atoms with Gasteiger partial charge in [-0.15, -0.1) is 0 Å². The van der Waals surface area contributed by atoms with E-state index in [1.54, 1.807) is 0 Å². The molecule has 0 atom stereocenters. The third kappa shape index (κ3) is 6.22. The van der Waals surface area contributed by atoms with E-state index in [4.69, 9.17) is 4.74 Å². The summed E-state index contributed by atoms with van der Waals surface area (Å²) >= 11 is 0. The highest BCUT2D eigenvalue weighted by Gasteiger charge is 2.16. The minimum atomic E-state index is 0.0167. The number of carbonyl (C=O) groups is 2. The number of rotatable bonds is 7. The van der Waals surface area contributed by atoms with Gasteiger partial charge in [-0.3, -0.25) is 9.59 Å². The van der Waals surface area contributed by atoms with Gasteiger partial charge in [-0.25, -0.2) is 0 Å². The van der Waals surface area contributed by atoms with E-state index in [-0.39, 0.29) is 11.8 Å². The van der Waals surface area contributed by atoms with E-state index in [1.165, 1.54) is 5.56 Å². The zero-order chi connectivity index (χ0) is 18.9. The molecule has 0 aromatic heterocycles. The molecular weight excluding hydrogens is 340 g/mol. The van der Waals surface area contributed by atoms with Gasteiger partial charge in [-0.2, -0.15) is 0 Å². The van der Waals surface area contributed by atoms with Crippen molar-refractivity contribution in [3.05, 3.63) is 65.7 Å². The van der Waals surface area contributed by atoms with Crippen LogP contribution < -0.4 is 5.32 Å². The summed E-state index contributed by atoms with van der Waals surface area (Å²) in [6, 6.07) is 17.7. The number of anilines is 1. The molecule has 0 unspecified atom stereocenters. The van der Waals surface area contributed by atoms with Gasteiger partial charge in [0.05, 0.1) is 19.6 Å². The number of benzene rings is 2. The third-order valence-electron chi connectivity index (χ3n) is 4.67. The first-order chi connectivity index (χ1) is 13.2. The molecule has 1 aliphatic rings. The SMILES string of the molecule is O=C(CCCc1ccccc1)Nc1ccc(CC(=O)N2CCOCC2)cc1. The van der Waals surface area contributed by atoms with Crippen molar-refractivity contribution in [2.75, 3.05) is 31.6 Å². The molecule has 1 aliphatic heterocycles. The van der Waals surface area contributed by atoms with Crippen LogP contribution in [0.4, 0.5) is 5.69 Å². The minimum absolute atomic E-state index is 0.0167. The highest BCUT2D eigenvalue weighted by molar-refractivity contribution is 5.90. The lowest BCUT2D eigenvalue weighted by Crippen LogP contribution is -2.41. The lowest BCUT2D eigenvalue weighted by molar-refractivity contribution is -0.134. The van der Waals surface area contributed by atoms with Gasteiger partial charge in [0.1, 0.15) is 0 Å². The summed E-state index contributed by atoms with van der Waals surface area (Å²) in [4.78, 5) is 26.2. The summed E-state index contributed by atoms with van der Waals surface area (Å²) in [7, 11) is 0. The highest BCUT2D eigenvalue weighted by atomic mass is 16.5. The van der Waals surface area contributed by atoms with Crippen LogP contribution in [0.2, 0.25) is 0 Å². The second-order valence-electron chi connectivity index (χ2n) is 6.75. The van der Waals surface area contributed by atoms with E-state index in [9.17, 15) is 9.59 Å². The number of nitrogens with one attached hydrogen (secondary N) is 1. The van der Waals surface area contributed by atoms with Gasteiger partial charge in [-0.1, -0.05) is 42.5 Å². The Morgan fingerprint density at radius 3 is 2.33 bits per heavy atom. The Bertz CT molecular complexity index is 738. The molecule has 0 spiro atoms. The van der Waals surface area contributed by atoms with Crippen molar-refractivity contribution in [1.82, 2.24) is 4.90 Å². The molecule has 1 N–H and O–H groups in total. The fourth-order valence-electron chi connectivity index (χ4n) is 3.13. The van der Waals surface area contributed by atoms with Crippen molar-refractivity contribution in [3.63, 3.8) is 0 Å². The van der Waals surface area contributed by atoms with E-state index in [0.717, 1.165) is 24.1 Å². The van der Waals surface area contributed by atoms with Crippen molar-refractivity contribution in [2.24, 2.45) is 0 Å². The number of aryl methyl sites for hydroxylation is 1. The summed E-state index contributed by atoms with van der Waals surface area (Å²) in [5.74, 6) is 0.138. The zero-order valence-electron chi connectivity index (χ0n) is 15.5. The average molecular weight is 366 g/mol. The van der Waals surface area contributed by atoms with Gasteiger partial charge < -0.3 is 15.0 Å². The topological polar surface area (TPSA) is 58.6 Å². The zero-order valence-corrected chi connectivity index (χ0v) is 15.5. The highest BCUT2D eigenvalue weighted by Crippen LogP contribution is 2.13. The summed E-state index contributed by atoms with van der Waals surface area (Å²) in [6.07, 6.45) is 2.59. The first-order valence-electron chi connectivity index (χ1n) is 9.49. The molecule has 1 saturated heterocycles. The summed E-state index contributed by atoms with van der Waals surface area (Å²) < 4.78 is 5.27. The fraction of sp³-hybridized carbons (Fsp3) is 0.364. The predicted molar refractivity (Wildman–Crippen MR) is 106 cm³/mol. The Hall–Kier alpha value is -2.66. The molecule has 0 saturated carbocycles. The molecule has 0 radical (unpaired) electrons. The maximum atomic E-state index is 12.3. The standard InChI is InChI=1S/C22H26N2O3/c25-21(8-4-7-18-5-2-1-3-6-18)23-20-11-9-19(10-12-20)17-22(26)24-13-15-27-16-14-24/h1-3,5-6,9-12H,4,7-8,13-17H2,(H,23,25). The Kier molecular flexibility index (Phi) is 6.99. The van der Waals surface area contributed by atoms with Crippen molar-refractivity contribution in [1.29, 1.82) is 0 Å². The average Bonchev–Trinajstić information content (AvgIpc) is 2.71. The summed E-state index contributed by atoms with van der Waals surface area (Å²) in [5, 5.41) is 2.92. The molecule has 0 aliphatic carbocycles. The van der Waals surface area contributed by atoms with E-state index in [0.29, 0.717) is 39.1 Å². The maximum Gasteiger partial charge on any atom is 0.227 e. The molecule has 2 aromatic rings. The Morgan fingerprint density at radius 2 is 1.63 bits per heavy atom. The van der Waals surface area contributed by atoms with Gasteiger partial charge in [0.2, 0.25) is 11.8 Å². The smallest absolute Gasteiger partial charge is 0.227 e. The molecule has 2 amide bonds. The van der Waals surface area contributed by atoms with Crippen molar-refractivity contribution < 1.29 is 14.3 Å². The Labute approximate surface area is 160 Å². The fourth-order valence-corrected chi connectivity index (χ4v) is 3.13. The van der Waals surface area contributed by atoms with E-state index in [1.807, 2.05) is 47.4 Å². The molecule has 0 bridgehead atoms. The van der Waals surface area contributed by atoms with Crippen LogP contribution in [0.5, 0.6) is 0 Å². The predicted octanol–water partition coefficient (Wildman–Crippen LogP) is 3.05. The van der Waals surface area contributed by atoms with Crippen molar-refractivity contribution in [2.45, 2.75) is 25.7 Å². The van der Waals surface area contributed by atoms with Crippen LogP contribution in [0.1, 0.15) is 24.0 Å². The number of hydrogen-bond acceptors (Lipinski definition) is 3. The number of amides is 2. The van der Waals surface area contributed by atoms with Crippen LogP contribution in [-0.2, 0) is 27.2 Å². The third-order valence-corrected chi connectivity index (χ3v) is 4.67. The largest absolute Gasteiger partial charge is 0.378 e. The molecule has 27 heavy (non-hydrogen) atoms. The monoisotopic (exact) mass is 366 g/mol. The van der Waals surface area contributed by atoms with E-state index < -0.39 is 0 Å². The van der Waals surface area contributed by atoms with Gasteiger partial charge in [0, 0.05) is 25.2 Å². The first-order valence-corrected chi connectivity index (χ1v) is 9.49. The molecule has 3 rings (SSSR count). The number of morpholine rings is 1. The summed E-state index contributed by atoms with van der Waals surface area (Å²) in [6.45, 7) is 2.55. The van der Waals surface area contributed by atoms with Crippen molar-refractivity contribution >= 4 is 17.5 Å².